The van der Waals surface area contributed by atoms with Crippen molar-refractivity contribution in [2.75, 3.05) is 11.9 Å². The largest absolute Gasteiger partial charge is 0.348 e. The van der Waals surface area contributed by atoms with Crippen LogP contribution in [0.15, 0.2) is 5.38 Å². The normalized spacial score (nSPS) is 24.6. The van der Waals surface area contributed by atoms with E-state index in [9.17, 15) is 4.79 Å². The molecule has 1 fully saturated rings. The van der Waals surface area contributed by atoms with Crippen molar-refractivity contribution < 1.29 is 4.79 Å². The van der Waals surface area contributed by atoms with Gasteiger partial charge in [-0.25, -0.2) is 4.98 Å². The fourth-order valence-electron chi connectivity index (χ4n) is 2.50. The van der Waals surface area contributed by atoms with Gasteiger partial charge in [0, 0.05) is 25.4 Å². The molecule has 0 saturated heterocycles. The van der Waals surface area contributed by atoms with Gasteiger partial charge in [0.1, 0.15) is 5.69 Å². The zero-order valence-corrected chi connectivity index (χ0v) is 11.6. The smallest absolute Gasteiger partial charge is 0.185 e. The lowest BCUT2D eigenvalue weighted by Crippen LogP contribution is -2.35. The van der Waals surface area contributed by atoms with Gasteiger partial charge in [0.05, 0.1) is 0 Å². The molecular weight excluding hydrogens is 232 g/mol. The molecule has 0 aromatic carbocycles. The minimum Gasteiger partial charge on any atom is -0.348 e. The van der Waals surface area contributed by atoms with Crippen molar-refractivity contribution in [1.29, 1.82) is 0 Å². The Morgan fingerprint density at radius 3 is 2.88 bits per heavy atom. The van der Waals surface area contributed by atoms with Crippen LogP contribution in [0.3, 0.4) is 0 Å². The molecule has 2 unspecified atom stereocenters. The van der Waals surface area contributed by atoms with E-state index < -0.39 is 0 Å². The standard InChI is InChI=1S/C13H20N2OS/c1-9-5-4-6-11(7-9)15(3)13-14-12(8-17-13)10(2)16/h8-9,11H,4-7H2,1-3H3. The molecule has 1 heterocycles. The summed E-state index contributed by atoms with van der Waals surface area (Å²) in [5, 5.41) is 2.84. The van der Waals surface area contributed by atoms with Crippen LogP contribution in [0.25, 0.3) is 0 Å². The van der Waals surface area contributed by atoms with Gasteiger partial charge in [0.15, 0.2) is 10.9 Å². The molecule has 0 radical (unpaired) electrons. The number of ketones is 1. The van der Waals surface area contributed by atoms with Crippen molar-refractivity contribution in [3.05, 3.63) is 11.1 Å². The number of Topliss-reactive ketones (excluding diaryl/α,β-unsaturated/α-hetero) is 1. The molecule has 2 atom stereocenters. The number of carbonyl (C=O) groups is 1. The molecule has 0 spiro atoms. The van der Waals surface area contributed by atoms with E-state index in [-0.39, 0.29) is 5.78 Å². The number of hydrogen-bond acceptors (Lipinski definition) is 4. The van der Waals surface area contributed by atoms with Gasteiger partial charge in [-0.3, -0.25) is 4.79 Å². The maximum absolute atomic E-state index is 11.2. The molecule has 2 rings (SSSR count). The molecule has 94 valence electrons. The van der Waals surface area contributed by atoms with Gasteiger partial charge in [-0.15, -0.1) is 11.3 Å². The lowest BCUT2D eigenvalue weighted by Gasteiger charge is -2.33. The molecule has 1 aliphatic rings. The third-order valence-electron chi connectivity index (χ3n) is 3.61. The van der Waals surface area contributed by atoms with Crippen LogP contribution in [-0.2, 0) is 0 Å². The number of rotatable bonds is 3. The van der Waals surface area contributed by atoms with Crippen LogP contribution in [0.5, 0.6) is 0 Å². The predicted octanol–water partition coefficient (Wildman–Crippen LogP) is 3.36. The first kappa shape index (κ1) is 12.6. The van der Waals surface area contributed by atoms with Crippen molar-refractivity contribution in [1.82, 2.24) is 4.98 Å². The first-order chi connectivity index (χ1) is 8.08. The average Bonchev–Trinajstić information content (AvgIpc) is 2.77. The Bertz CT molecular complexity index is 402. The zero-order chi connectivity index (χ0) is 12.4. The van der Waals surface area contributed by atoms with E-state index in [1.807, 2.05) is 5.38 Å². The summed E-state index contributed by atoms with van der Waals surface area (Å²) in [7, 11) is 2.10. The van der Waals surface area contributed by atoms with Crippen molar-refractivity contribution in [2.45, 2.75) is 45.6 Å². The molecule has 0 bridgehead atoms. The Hall–Kier alpha value is -0.900. The number of anilines is 1. The molecule has 17 heavy (non-hydrogen) atoms. The molecule has 1 aromatic heterocycles. The van der Waals surface area contributed by atoms with Crippen LogP contribution >= 0.6 is 11.3 Å². The van der Waals surface area contributed by atoms with Gasteiger partial charge < -0.3 is 4.90 Å². The number of aromatic nitrogens is 1. The Morgan fingerprint density at radius 1 is 1.53 bits per heavy atom. The highest BCUT2D eigenvalue weighted by Crippen LogP contribution is 2.31. The monoisotopic (exact) mass is 252 g/mol. The van der Waals surface area contributed by atoms with Crippen LogP contribution < -0.4 is 4.90 Å². The fourth-order valence-corrected chi connectivity index (χ4v) is 3.40. The molecule has 4 heteroatoms. The summed E-state index contributed by atoms with van der Waals surface area (Å²) in [4.78, 5) is 17.9. The lowest BCUT2D eigenvalue weighted by atomic mass is 9.86. The predicted molar refractivity (Wildman–Crippen MR) is 71.9 cm³/mol. The first-order valence-electron chi connectivity index (χ1n) is 6.27. The molecule has 3 nitrogen and oxygen atoms in total. The van der Waals surface area contributed by atoms with E-state index >= 15 is 0 Å². The summed E-state index contributed by atoms with van der Waals surface area (Å²) in [6.07, 6.45) is 5.14. The van der Waals surface area contributed by atoms with Gasteiger partial charge in [-0.2, -0.15) is 0 Å². The molecule has 1 aromatic rings. The quantitative estimate of drug-likeness (QED) is 0.773. The minimum atomic E-state index is 0.0536. The third-order valence-corrected chi connectivity index (χ3v) is 4.54. The van der Waals surface area contributed by atoms with Crippen molar-refractivity contribution in [3.63, 3.8) is 0 Å². The van der Waals surface area contributed by atoms with Crippen LogP contribution in [-0.4, -0.2) is 23.9 Å². The van der Waals surface area contributed by atoms with E-state index in [1.165, 1.54) is 25.7 Å². The van der Waals surface area contributed by atoms with Crippen molar-refractivity contribution >= 4 is 22.3 Å². The number of hydrogen-bond donors (Lipinski definition) is 0. The average molecular weight is 252 g/mol. The summed E-state index contributed by atoms with van der Waals surface area (Å²) in [6.45, 7) is 3.89. The van der Waals surface area contributed by atoms with Gasteiger partial charge in [0.25, 0.3) is 0 Å². The zero-order valence-electron chi connectivity index (χ0n) is 10.8. The Labute approximate surface area is 107 Å². The highest BCUT2D eigenvalue weighted by Gasteiger charge is 2.24. The maximum Gasteiger partial charge on any atom is 0.185 e. The second kappa shape index (κ2) is 5.17. The van der Waals surface area contributed by atoms with Crippen LogP contribution in [0.4, 0.5) is 5.13 Å². The van der Waals surface area contributed by atoms with Gasteiger partial charge in [-0.1, -0.05) is 19.8 Å². The summed E-state index contributed by atoms with van der Waals surface area (Å²) < 4.78 is 0. The summed E-state index contributed by atoms with van der Waals surface area (Å²) >= 11 is 1.57. The Morgan fingerprint density at radius 2 is 2.29 bits per heavy atom. The molecule has 1 aliphatic carbocycles. The first-order valence-corrected chi connectivity index (χ1v) is 7.15. The summed E-state index contributed by atoms with van der Waals surface area (Å²) in [5.41, 5.74) is 0.598. The topological polar surface area (TPSA) is 33.2 Å². The van der Waals surface area contributed by atoms with Crippen LogP contribution in [0.1, 0.15) is 50.0 Å². The highest BCUT2D eigenvalue weighted by molar-refractivity contribution is 7.13. The van der Waals surface area contributed by atoms with Gasteiger partial charge >= 0.3 is 0 Å². The second-order valence-electron chi connectivity index (χ2n) is 5.11. The van der Waals surface area contributed by atoms with Crippen LogP contribution in [0, 0.1) is 5.92 Å². The highest BCUT2D eigenvalue weighted by atomic mass is 32.1. The summed E-state index contributed by atoms with van der Waals surface area (Å²) in [6, 6.07) is 0.588. The minimum absolute atomic E-state index is 0.0536. The van der Waals surface area contributed by atoms with Crippen LogP contribution in [0.2, 0.25) is 0 Å². The van der Waals surface area contributed by atoms with E-state index in [1.54, 1.807) is 18.3 Å². The SMILES string of the molecule is CC(=O)c1csc(N(C)C2CCCC(C)C2)n1. The van der Waals surface area contributed by atoms with E-state index in [0.717, 1.165) is 11.0 Å². The number of carbonyl (C=O) groups excluding carboxylic acids is 1. The Balaban J connectivity index is 2.07. The Kier molecular flexibility index (Phi) is 3.82. The number of thiazole rings is 1. The molecule has 1 saturated carbocycles. The van der Waals surface area contributed by atoms with E-state index in [4.69, 9.17) is 0 Å². The van der Waals surface area contributed by atoms with Crippen molar-refractivity contribution in [2.24, 2.45) is 5.92 Å². The number of nitrogens with zero attached hydrogens (tertiary/aromatic N) is 2. The maximum atomic E-state index is 11.2. The van der Waals surface area contributed by atoms with E-state index in [0.29, 0.717) is 11.7 Å². The molecule has 0 amide bonds. The second-order valence-corrected chi connectivity index (χ2v) is 5.94. The third kappa shape index (κ3) is 2.86. The lowest BCUT2D eigenvalue weighted by molar-refractivity contribution is 0.101. The van der Waals surface area contributed by atoms with Gasteiger partial charge in [0.2, 0.25) is 0 Å². The van der Waals surface area contributed by atoms with Gasteiger partial charge in [-0.05, 0) is 18.8 Å². The molecule has 0 N–H and O–H groups in total. The van der Waals surface area contributed by atoms with E-state index in [2.05, 4.69) is 23.9 Å². The fraction of sp³-hybridized carbons (Fsp3) is 0.692. The molecule has 0 aliphatic heterocycles. The summed E-state index contributed by atoms with van der Waals surface area (Å²) in [5.74, 6) is 0.862. The molecular formula is C13H20N2OS. The van der Waals surface area contributed by atoms with Crippen molar-refractivity contribution in [3.8, 4) is 0 Å².